The van der Waals surface area contributed by atoms with Gasteiger partial charge in [0.15, 0.2) is 10.9 Å². The van der Waals surface area contributed by atoms with E-state index in [9.17, 15) is 9.90 Å². The largest absolute Gasteiger partial charge is 0.508 e. The molecule has 1 aliphatic heterocycles. The molecule has 1 amide bonds. The number of anilines is 3. The number of nitrogens with zero attached hydrogens (tertiary/aromatic N) is 3. The number of benzene rings is 1. The molecule has 1 fully saturated rings. The summed E-state index contributed by atoms with van der Waals surface area (Å²) in [7, 11) is 0. The fraction of sp³-hybridized carbons (Fsp3) is 0.278. The van der Waals surface area contributed by atoms with Crippen LogP contribution in [-0.2, 0) is 4.74 Å². The van der Waals surface area contributed by atoms with Crippen molar-refractivity contribution in [1.82, 2.24) is 14.8 Å². The predicted molar refractivity (Wildman–Crippen MR) is 103 cm³/mol. The van der Waals surface area contributed by atoms with E-state index in [0.29, 0.717) is 40.3 Å². The van der Waals surface area contributed by atoms with E-state index in [0.717, 1.165) is 5.56 Å². The average molecular weight is 385 g/mol. The summed E-state index contributed by atoms with van der Waals surface area (Å²) in [4.78, 5) is 17.3. The summed E-state index contributed by atoms with van der Waals surface area (Å²) in [6, 6.07) is 5.52. The van der Waals surface area contributed by atoms with Gasteiger partial charge in [-0.05, 0) is 25.5 Å². The van der Waals surface area contributed by atoms with Crippen molar-refractivity contribution in [2.75, 3.05) is 23.8 Å². The molecule has 3 N–H and O–H groups in total. The maximum absolute atomic E-state index is 12.6. The Bertz CT molecular complexity index is 993. The van der Waals surface area contributed by atoms with Gasteiger partial charge in [-0.1, -0.05) is 17.4 Å². The summed E-state index contributed by atoms with van der Waals surface area (Å²) in [5.41, 5.74) is 2.13. The maximum Gasteiger partial charge on any atom is 0.267 e. The van der Waals surface area contributed by atoms with Gasteiger partial charge in [0.05, 0.1) is 31.1 Å². The highest BCUT2D eigenvalue weighted by Gasteiger charge is 2.21. The molecule has 0 radical (unpaired) electrons. The molecule has 4 rings (SSSR count). The Morgan fingerprint density at radius 2 is 2.15 bits per heavy atom. The molecule has 1 aliphatic rings. The highest BCUT2D eigenvalue weighted by Crippen LogP contribution is 2.29. The molecule has 0 unspecified atom stereocenters. The van der Waals surface area contributed by atoms with Crippen LogP contribution in [0.2, 0.25) is 0 Å². The van der Waals surface area contributed by atoms with E-state index >= 15 is 0 Å². The van der Waals surface area contributed by atoms with Crippen LogP contribution in [-0.4, -0.2) is 39.0 Å². The summed E-state index contributed by atoms with van der Waals surface area (Å²) in [6.45, 7) is 5.00. The van der Waals surface area contributed by atoms with Gasteiger partial charge in [-0.25, -0.2) is 4.98 Å². The third kappa shape index (κ3) is 3.51. The number of aryl methyl sites for hydroxylation is 1. The fourth-order valence-electron chi connectivity index (χ4n) is 2.73. The number of amides is 1. The van der Waals surface area contributed by atoms with E-state index in [-0.39, 0.29) is 17.7 Å². The minimum absolute atomic E-state index is 0.148. The van der Waals surface area contributed by atoms with Crippen molar-refractivity contribution in [2.45, 2.75) is 19.9 Å². The summed E-state index contributed by atoms with van der Waals surface area (Å²) in [6.07, 6.45) is 3.41. The number of nitrogens with one attached hydrogen (secondary N) is 2. The molecule has 9 heteroatoms. The maximum atomic E-state index is 12.6. The van der Waals surface area contributed by atoms with Crippen molar-refractivity contribution in [3.05, 3.63) is 46.6 Å². The standard InChI is InChI=1S/C18H19N5O3S/c1-10-3-4-13(24)11(2)16(10)21-17(25)14-7-19-18(27-14)20-15-5-6-23(22-15)12-8-26-9-12/h3-7,12,24H,8-9H2,1-2H3,(H,21,25)(H,19,20,22). The normalized spacial score (nSPS) is 14.0. The number of hydrogen-bond acceptors (Lipinski definition) is 7. The van der Waals surface area contributed by atoms with E-state index in [1.165, 1.54) is 17.5 Å². The molecule has 1 aromatic carbocycles. The Morgan fingerprint density at radius 3 is 2.89 bits per heavy atom. The van der Waals surface area contributed by atoms with Crippen LogP contribution in [0.1, 0.15) is 26.8 Å². The van der Waals surface area contributed by atoms with Gasteiger partial charge in [-0.15, -0.1) is 0 Å². The molecular formula is C18H19N5O3S. The summed E-state index contributed by atoms with van der Waals surface area (Å²) in [5, 5.41) is 20.9. The minimum Gasteiger partial charge on any atom is -0.508 e. The second-order valence-corrected chi connectivity index (χ2v) is 7.41. The molecule has 0 aliphatic carbocycles. The number of ether oxygens (including phenoxy) is 1. The Kier molecular flexibility index (Phi) is 4.54. The zero-order valence-corrected chi connectivity index (χ0v) is 15.7. The number of phenols is 1. The van der Waals surface area contributed by atoms with Crippen molar-refractivity contribution in [3.63, 3.8) is 0 Å². The van der Waals surface area contributed by atoms with Crippen LogP contribution in [0, 0.1) is 13.8 Å². The summed E-state index contributed by atoms with van der Waals surface area (Å²) < 4.78 is 7.03. The van der Waals surface area contributed by atoms with Crippen molar-refractivity contribution in [1.29, 1.82) is 0 Å². The zero-order valence-electron chi connectivity index (χ0n) is 14.9. The Morgan fingerprint density at radius 1 is 1.33 bits per heavy atom. The van der Waals surface area contributed by atoms with Crippen molar-refractivity contribution >= 4 is 33.9 Å². The number of aromatic hydroxyl groups is 1. The highest BCUT2D eigenvalue weighted by atomic mass is 32.1. The van der Waals surface area contributed by atoms with Gasteiger partial charge < -0.3 is 20.5 Å². The van der Waals surface area contributed by atoms with Crippen molar-refractivity contribution in [2.24, 2.45) is 0 Å². The summed E-state index contributed by atoms with van der Waals surface area (Å²) >= 11 is 1.24. The summed E-state index contributed by atoms with van der Waals surface area (Å²) in [5.74, 6) is 0.549. The van der Waals surface area contributed by atoms with Crippen LogP contribution >= 0.6 is 11.3 Å². The van der Waals surface area contributed by atoms with Crippen LogP contribution in [0.5, 0.6) is 5.75 Å². The van der Waals surface area contributed by atoms with E-state index in [2.05, 4.69) is 20.7 Å². The molecule has 3 heterocycles. The van der Waals surface area contributed by atoms with E-state index in [1.807, 2.05) is 23.9 Å². The molecule has 8 nitrogen and oxygen atoms in total. The van der Waals surface area contributed by atoms with Crippen LogP contribution in [0.25, 0.3) is 0 Å². The second-order valence-electron chi connectivity index (χ2n) is 6.38. The molecule has 0 atom stereocenters. The van der Waals surface area contributed by atoms with Gasteiger partial charge in [0, 0.05) is 17.8 Å². The molecule has 140 valence electrons. The van der Waals surface area contributed by atoms with Gasteiger partial charge in [0.25, 0.3) is 5.91 Å². The van der Waals surface area contributed by atoms with Gasteiger partial charge in [0.2, 0.25) is 0 Å². The first-order chi connectivity index (χ1) is 13.0. The number of carbonyl (C=O) groups is 1. The second kappa shape index (κ2) is 7.01. The number of aromatic nitrogens is 3. The highest BCUT2D eigenvalue weighted by molar-refractivity contribution is 7.17. The van der Waals surface area contributed by atoms with Gasteiger partial charge in [0.1, 0.15) is 10.6 Å². The lowest BCUT2D eigenvalue weighted by Crippen LogP contribution is -2.30. The number of phenolic OH excluding ortho intramolecular Hbond substituents is 1. The first kappa shape index (κ1) is 17.5. The molecule has 0 spiro atoms. The van der Waals surface area contributed by atoms with E-state index < -0.39 is 0 Å². The molecular weight excluding hydrogens is 366 g/mol. The SMILES string of the molecule is Cc1ccc(O)c(C)c1NC(=O)c1cnc(Nc2ccn(C3COC3)n2)s1. The van der Waals surface area contributed by atoms with Crippen molar-refractivity contribution < 1.29 is 14.6 Å². The smallest absolute Gasteiger partial charge is 0.267 e. The molecule has 27 heavy (non-hydrogen) atoms. The first-order valence-electron chi connectivity index (χ1n) is 8.47. The lowest BCUT2D eigenvalue weighted by molar-refractivity contribution is -0.0285. The topological polar surface area (TPSA) is 101 Å². The van der Waals surface area contributed by atoms with E-state index in [1.54, 1.807) is 19.1 Å². The Hall–Kier alpha value is -2.91. The fourth-order valence-corrected chi connectivity index (χ4v) is 3.45. The van der Waals surface area contributed by atoms with Crippen LogP contribution in [0.3, 0.4) is 0 Å². The van der Waals surface area contributed by atoms with Gasteiger partial charge in [-0.2, -0.15) is 5.10 Å². The number of carbonyl (C=O) groups excluding carboxylic acids is 1. The lowest BCUT2D eigenvalue weighted by Gasteiger charge is -2.25. The average Bonchev–Trinajstić information content (AvgIpc) is 3.24. The zero-order chi connectivity index (χ0) is 19.0. The number of thiazole rings is 1. The molecule has 3 aromatic rings. The number of rotatable bonds is 5. The molecule has 1 saturated heterocycles. The van der Waals surface area contributed by atoms with E-state index in [4.69, 9.17) is 4.74 Å². The van der Waals surface area contributed by atoms with Gasteiger partial charge >= 0.3 is 0 Å². The predicted octanol–water partition coefficient (Wildman–Crippen LogP) is 3.23. The molecule has 0 bridgehead atoms. The lowest BCUT2D eigenvalue weighted by atomic mass is 10.1. The minimum atomic E-state index is -0.269. The van der Waals surface area contributed by atoms with Gasteiger partial charge in [-0.3, -0.25) is 9.48 Å². The number of hydrogen-bond donors (Lipinski definition) is 3. The third-order valence-corrected chi connectivity index (χ3v) is 5.36. The monoisotopic (exact) mass is 385 g/mol. The van der Waals surface area contributed by atoms with Crippen LogP contribution in [0.4, 0.5) is 16.6 Å². The van der Waals surface area contributed by atoms with Crippen molar-refractivity contribution in [3.8, 4) is 5.75 Å². The molecule has 0 saturated carbocycles. The van der Waals surface area contributed by atoms with Crippen LogP contribution in [0.15, 0.2) is 30.6 Å². The third-order valence-electron chi connectivity index (χ3n) is 4.45. The quantitative estimate of drug-likeness (QED) is 0.623. The molecule has 2 aromatic heterocycles. The Labute approximate surface area is 159 Å². The first-order valence-corrected chi connectivity index (χ1v) is 9.29. The van der Waals surface area contributed by atoms with Crippen LogP contribution < -0.4 is 10.6 Å². The Balaban J connectivity index is 1.45.